The van der Waals surface area contributed by atoms with Crippen molar-refractivity contribution in [3.05, 3.63) is 35.4 Å². The molecule has 1 aliphatic rings. The maximum atomic E-state index is 13.7. The molecular formula is C27H42N8O5. The van der Waals surface area contributed by atoms with Crippen LogP contribution in [0.5, 0.6) is 0 Å². The molecule has 1 aliphatic carbocycles. The Kier molecular flexibility index (Phi) is 12.9. The van der Waals surface area contributed by atoms with Crippen molar-refractivity contribution in [3.8, 4) is 0 Å². The molecule has 2 unspecified atom stereocenters. The van der Waals surface area contributed by atoms with Crippen LogP contribution < -0.4 is 33.6 Å². The zero-order chi connectivity index (χ0) is 29.7. The maximum absolute atomic E-state index is 13.7. The molecule has 0 bridgehead atoms. The Balaban J connectivity index is 2.20. The number of guanidine groups is 1. The molecule has 3 amide bonds. The van der Waals surface area contributed by atoms with Crippen molar-refractivity contribution in [2.24, 2.45) is 39.8 Å². The minimum absolute atomic E-state index is 0.0501. The molecule has 2 rings (SSSR count). The van der Waals surface area contributed by atoms with Crippen molar-refractivity contribution >= 4 is 35.5 Å². The van der Waals surface area contributed by atoms with E-state index in [1.54, 1.807) is 12.1 Å². The molecule has 1 saturated carbocycles. The van der Waals surface area contributed by atoms with Gasteiger partial charge < -0.3 is 38.7 Å². The smallest absolute Gasteiger partial charge is 0.303 e. The number of nitrogens with one attached hydrogen (secondary N) is 3. The largest absolute Gasteiger partial charge is 0.481 e. The van der Waals surface area contributed by atoms with Crippen molar-refractivity contribution in [1.82, 2.24) is 10.6 Å². The number of carbonyl (C=O) groups excluding carboxylic acids is 3. The van der Waals surface area contributed by atoms with Gasteiger partial charge in [-0.2, -0.15) is 0 Å². The van der Waals surface area contributed by atoms with Crippen LogP contribution in [-0.2, 0) is 25.6 Å². The SMILES string of the molecule is N=C(N)c1ccc(C[C@H](C(=O)NC(CCC(=O)O)C(=O)NC(CCCN=C(N)N)C(N)=O)C2CCCCC2)cc1. The van der Waals surface area contributed by atoms with Crippen LogP contribution in [0.25, 0.3) is 0 Å². The maximum Gasteiger partial charge on any atom is 0.303 e. The molecule has 40 heavy (non-hydrogen) atoms. The van der Waals surface area contributed by atoms with Gasteiger partial charge in [0.15, 0.2) is 5.96 Å². The number of hydrogen-bond acceptors (Lipinski definition) is 6. The van der Waals surface area contributed by atoms with Crippen LogP contribution in [0.15, 0.2) is 29.3 Å². The van der Waals surface area contributed by atoms with E-state index in [-0.39, 0.29) is 49.4 Å². The molecule has 0 heterocycles. The van der Waals surface area contributed by atoms with E-state index in [1.807, 2.05) is 12.1 Å². The molecule has 0 radical (unpaired) electrons. The number of carbonyl (C=O) groups is 4. The van der Waals surface area contributed by atoms with E-state index in [4.69, 9.17) is 28.3 Å². The fourth-order valence-corrected chi connectivity index (χ4v) is 4.96. The lowest BCUT2D eigenvalue weighted by Crippen LogP contribution is -2.54. The van der Waals surface area contributed by atoms with Crippen molar-refractivity contribution < 1.29 is 24.3 Å². The Morgan fingerprint density at radius 3 is 2.10 bits per heavy atom. The van der Waals surface area contributed by atoms with Crippen molar-refractivity contribution in [3.63, 3.8) is 0 Å². The minimum Gasteiger partial charge on any atom is -0.481 e. The summed E-state index contributed by atoms with van der Waals surface area (Å²) < 4.78 is 0. The number of rotatable bonds is 16. The average Bonchev–Trinajstić information content (AvgIpc) is 2.91. The lowest BCUT2D eigenvalue weighted by molar-refractivity contribution is -0.138. The normalized spacial score (nSPS) is 15.7. The number of carboxylic acids is 1. The van der Waals surface area contributed by atoms with E-state index in [0.717, 1.165) is 37.7 Å². The topological polar surface area (TPSA) is 253 Å². The predicted molar refractivity (Wildman–Crippen MR) is 151 cm³/mol. The first-order chi connectivity index (χ1) is 19.0. The van der Waals surface area contributed by atoms with Crippen molar-refractivity contribution in [1.29, 1.82) is 5.41 Å². The molecule has 12 N–H and O–H groups in total. The Morgan fingerprint density at radius 1 is 0.925 bits per heavy atom. The van der Waals surface area contributed by atoms with Gasteiger partial charge in [0.2, 0.25) is 17.7 Å². The number of nitrogen functional groups attached to an aromatic ring is 1. The monoisotopic (exact) mass is 558 g/mol. The third-order valence-electron chi connectivity index (χ3n) is 7.16. The Bertz CT molecular complexity index is 1070. The van der Waals surface area contributed by atoms with Gasteiger partial charge in [0.05, 0.1) is 0 Å². The average molecular weight is 559 g/mol. The van der Waals surface area contributed by atoms with Gasteiger partial charge in [0, 0.05) is 24.4 Å². The highest BCUT2D eigenvalue weighted by Gasteiger charge is 2.33. The number of carboxylic acid groups (broad SMARTS) is 1. The van der Waals surface area contributed by atoms with E-state index in [1.165, 1.54) is 0 Å². The van der Waals surface area contributed by atoms with Crippen LogP contribution >= 0.6 is 0 Å². The number of amides is 3. The van der Waals surface area contributed by atoms with Gasteiger partial charge in [-0.25, -0.2) is 0 Å². The number of aliphatic imine (C=N–C) groups is 1. The molecular weight excluding hydrogens is 516 g/mol. The first-order valence-electron chi connectivity index (χ1n) is 13.6. The second-order valence-corrected chi connectivity index (χ2v) is 10.2. The molecule has 1 aromatic rings. The lowest BCUT2D eigenvalue weighted by atomic mass is 9.76. The van der Waals surface area contributed by atoms with Crippen LogP contribution in [0, 0.1) is 17.2 Å². The fourth-order valence-electron chi connectivity index (χ4n) is 4.96. The Morgan fingerprint density at radius 2 is 1.55 bits per heavy atom. The zero-order valence-electron chi connectivity index (χ0n) is 22.7. The summed E-state index contributed by atoms with van der Waals surface area (Å²) in [4.78, 5) is 53.9. The van der Waals surface area contributed by atoms with Gasteiger partial charge in [-0.3, -0.25) is 29.6 Å². The Labute approximate surface area is 234 Å². The predicted octanol–water partition coefficient (Wildman–Crippen LogP) is 0.0830. The van der Waals surface area contributed by atoms with E-state index in [9.17, 15) is 24.3 Å². The molecule has 220 valence electrons. The summed E-state index contributed by atoms with van der Waals surface area (Å²) in [6, 6.07) is 4.90. The molecule has 0 aliphatic heterocycles. The molecule has 1 fully saturated rings. The molecule has 0 saturated heterocycles. The summed E-state index contributed by atoms with van der Waals surface area (Å²) in [6.07, 6.45) is 5.27. The lowest BCUT2D eigenvalue weighted by Gasteiger charge is -2.31. The van der Waals surface area contributed by atoms with Crippen LogP contribution in [0.2, 0.25) is 0 Å². The standard InChI is InChI=1S/C27H42N8O5/c28-23(29)18-10-8-16(9-11-18)15-19(17-5-2-1-3-6-17)25(39)35-21(12-13-22(36)37)26(40)34-20(24(30)38)7-4-14-33-27(31)32/h8-11,17,19-21H,1-7,12-15H2,(H3,28,29)(H2,30,38)(H,34,40)(H,35,39)(H,36,37)(H4,31,32,33)/t19-,20?,21?/m0/s1. The highest BCUT2D eigenvalue weighted by atomic mass is 16.4. The summed E-state index contributed by atoms with van der Waals surface area (Å²) in [5.41, 5.74) is 23.1. The van der Waals surface area contributed by atoms with Crippen LogP contribution in [0.3, 0.4) is 0 Å². The van der Waals surface area contributed by atoms with Gasteiger partial charge in [0.1, 0.15) is 17.9 Å². The second-order valence-electron chi connectivity index (χ2n) is 10.2. The first-order valence-corrected chi connectivity index (χ1v) is 13.6. The zero-order valence-corrected chi connectivity index (χ0v) is 22.7. The molecule has 13 heteroatoms. The van der Waals surface area contributed by atoms with Gasteiger partial charge in [-0.15, -0.1) is 0 Å². The third-order valence-corrected chi connectivity index (χ3v) is 7.16. The number of hydrogen-bond donors (Lipinski definition) is 8. The third kappa shape index (κ3) is 10.9. The van der Waals surface area contributed by atoms with Crippen molar-refractivity contribution in [2.75, 3.05) is 6.54 Å². The number of nitrogens with zero attached hydrogens (tertiary/aromatic N) is 1. The summed E-state index contributed by atoms with van der Waals surface area (Å²) in [6.45, 7) is 0.234. The van der Waals surface area contributed by atoms with Crippen LogP contribution in [0.1, 0.15) is 68.9 Å². The van der Waals surface area contributed by atoms with E-state index >= 15 is 0 Å². The quantitative estimate of drug-likeness (QED) is 0.0781. The number of benzene rings is 1. The molecule has 0 aromatic heterocycles. The molecule has 13 nitrogen and oxygen atoms in total. The van der Waals surface area contributed by atoms with E-state index in [2.05, 4.69) is 15.6 Å². The highest BCUT2D eigenvalue weighted by Crippen LogP contribution is 2.32. The molecule has 0 spiro atoms. The molecule has 1 aromatic carbocycles. The number of nitrogens with two attached hydrogens (primary N) is 4. The molecule has 3 atom stereocenters. The summed E-state index contributed by atoms with van der Waals surface area (Å²) in [5.74, 6) is -3.43. The number of amidine groups is 1. The minimum atomic E-state index is -1.17. The van der Waals surface area contributed by atoms with Gasteiger partial charge in [-0.1, -0.05) is 43.5 Å². The van der Waals surface area contributed by atoms with Crippen molar-refractivity contribution in [2.45, 2.75) is 76.3 Å². The van der Waals surface area contributed by atoms with Crippen LogP contribution in [0.4, 0.5) is 0 Å². The van der Waals surface area contributed by atoms with E-state index in [0.29, 0.717) is 18.4 Å². The number of primary amides is 1. The summed E-state index contributed by atoms with van der Waals surface area (Å²) >= 11 is 0. The summed E-state index contributed by atoms with van der Waals surface area (Å²) in [7, 11) is 0. The van der Waals surface area contributed by atoms with Crippen LogP contribution in [-0.4, -0.2) is 59.2 Å². The van der Waals surface area contributed by atoms with Gasteiger partial charge in [0.25, 0.3) is 0 Å². The summed E-state index contributed by atoms with van der Waals surface area (Å²) in [5, 5.41) is 22.1. The van der Waals surface area contributed by atoms with Gasteiger partial charge >= 0.3 is 5.97 Å². The van der Waals surface area contributed by atoms with Gasteiger partial charge in [-0.05, 0) is 50.0 Å². The highest BCUT2D eigenvalue weighted by molar-refractivity contribution is 5.95. The Hall–Kier alpha value is -4.16. The fraction of sp³-hybridized carbons (Fsp3) is 0.556. The first kappa shape index (κ1) is 32.1. The number of aliphatic carboxylic acids is 1. The second kappa shape index (κ2) is 16.1. The van der Waals surface area contributed by atoms with E-state index < -0.39 is 35.8 Å².